The number of nitrogens with one attached hydrogen (secondary N) is 1. The molecule has 1 aliphatic heterocycles. The lowest BCUT2D eigenvalue weighted by Crippen LogP contribution is -2.32. The van der Waals surface area contributed by atoms with Crippen LogP contribution in [0.4, 0.5) is 11.4 Å². The van der Waals surface area contributed by atoms with Gasteiger partial charge in [0, 0.05) is 11.8 Å². The number of hydrogen-bond donors (Lipinski definition) is 1. The normalized spacial score (nSPS) is 13.3. The van der Waals surface area contributed by atoms with Crippen molar-refractivity contribution >= 4 is 28.8 Å². The molecule has 0 saturated carbocycles. The molecule has 0 aromatic heterocycles. The van der Waals surface area contributed by atoms with Gasteiger partial charge >= 0.3 is 0 Å². The number of rotatable bonds is 8. The van der Waals surface area contributed by atoms with E-state index in [-0.39, 0.29) is 17.4 Å². The highest BCUT2D eigenvalue weighted by Crippen LogP contribution is 2.35. The maximum Gasteiger partial charge on any atom is 0.282 e. The third-order valence-electron chi connectivity index (χ3n) is 5.27. The SMILES string of the molecule is CCOc1cccc(NC2=C(c3ccc(OC(C)C)cc3)C(=O)N(c3ccc(C#N)cc3)C2=O)c1. The monoisotopic (exact) mass is 467 g/mol. The van der Waals surface area contributed by atoms with Crippen LogP contribution in [0.1, 0.15) is 31.9 Å². The predicted octanol–water partition coefficient (Wildman–Crippen LogP) is 5.14. The molecule has 3 aromatic rings. The van der Waals surface area contributed by atoms with Crippen molar-refractivity contribution in [3.63, 3.8) is 0 Å². The highest BCUT2D eigenvalue weighted by molar-refractivity contribution is 6.46. The number of carbonyl (C=O) groups excluding carboxylic acids is 2. The first-order valence-electron chi connectivity index (χ1n) is 11.3. The number of amides is 2. The highest BCUT2D eigenvalue weighted by atomic mass is 16.5. The van der Waals surface area contributed by atoms with Gasteiger partial charge in [0.1, 0.15) is 17.2 Å². The molecule has 0 bridgehead atoms. The summed E-state index contributed by atoms with van der Waals surface area (Å²) >= 11 is 0. The zero-order valence-electron chi connectivity index (χ0n) is 19.7. The number of nitrogens with zero attached hydrogens (tertiary/aromatic N) is 2. The maximum atomic E-state index is 13.6. The molecule has 0 radical (unpaired) electrons. The van der Waals surface area contributed by atoms with Crippen LogP contribution in [0.2, 0.25) is 0 Å². The van der Waals surface area contributed by atoms with Crippen LogP contribution >= 0.6 is 0 Å². The molecule has 1 aliphatic rings. The summed E-state index contributed by atoms with van der Waals surface area (Å²) in [5.41, 5.74) is 2.43. The second-order valence-corrected chi connectivity index (χ2v) is 8.13. The van der Waals surface area contributed by atoms with Crippen LogP contribution in [0, 0.1) is 11.3 Å². The number of nitriles is 1. The van der Waals surface area contributed by atoms with E-state index in [1.807, 2.05) is 39.0 Å². The van der Waals surface area contributed by atoms with Gasteiger partial charge in [-0.2, -0.15) is 5.26 Å². The molecule has 1 N–H and O–H groups in total. The second-order valence-electron chi connectivity index (χ2n) is 8.13. The van der Waals surface area contributed by atoms with Gasteiger partial charge in [0.25, 0.3) is 11.8 Å². The van der Waals surface area contributed by atoms with Crippen molar-refractivity contribution < 1.29 is 19.1 Å². The Hall–Kier alpha value is -4.57. The third-order valence-corrected chi connectivity index (χ3v) is 5.27. The van der Waals surface area contributed by atoms with Crippen LogP contribution in [-0.4, -0.2) is 24.5 Å². The summed E-state index contributed by atoms with van der Waals surface area (Å²) in [4.78, 5) is 28.3. The van der Waals surface area contributed by atoms with E-state index in [0.717, 1.165) is 4.90 Å². The van der Waals surface area contributed by atoms with Crippen LogP contribution in [0.15, 0.2) is 78.5 Å². The van der Waals surface area contributed by atoms with Gasteiger partial charge in [-0.1, -0.05) is 18.2 Å². The quantitative estimate of drug-likeness (QED) is 0.461. The first-order valence-corrected chi connectivity index (χ1v) is 11.3. The van der Waals surface area contributed by atoms with E-state index >= 15 is 0 Å². The Kier molecular flexibility index (Phi) is 6.83. The molecule has 0 atom stereocenters. The van der Waals surface area contributed by atoms with Crippen LogP contribution < -0.4 is 19.7 Å². The Morgan fingerprint density at radius 2 is 1.66 bits per heavy atom. The average molecular weight is 468 g/mol. The van der Waals surface area contributed by atoms with Crippen LogP contribution in [0.5, 0.6) is 11.5 Å². The maximum absolute atomic E-state index is 13.6. The molecule has 35 heavy (non-hydrogen) atoms. The number of benzene rings is 3. The molecule has 0 aliphatic carbocycles. The summed E-state index contributed by atoms with van der Waals surface area (Å²) in [6.07, 6.45) is 0.0106. The molecule has 4 rings (SSSR count). The van der Waals surface area contributed by atoms with Gasteiger partial charge in [0.05, 0.1) is 35.6 Å². The Labute approximate surface area is 204 Å². The zero-order chi connectivity index (χ0) is 24.9. The second kappa shape index (κ2) is 10.1. The summed E-state index contributed by atoms with van der Waals surface area (Å²) in [5.74, 6) is 0.374. The predicted molar refractivity (Wildman–Crippen MR) is 134 cm³/mol. The number of anilines is 2. The number of imide groups is 1. The van der Waals surface area contributed by atoms with Gasteiger partial charge in [0.2, 0.25) is 0 Å². The van der Waals surface area contributed by atoms with Crippen molar-refractivity contribution in [2.75, 3.05) is 16.8 Å². The van der Waals surface area contributed by atoms with E-state index in [2.05, 4.69) is 5.32 Å². The van der Waals surface area contributed by atoms with Crippen LogP contribution in [0.3, 0.4) is 0 Å². The fourth-order valence-electron chi connectivity index (χ4n) is 3.78. The molecule has 176 valence electrons. The van der Waals surface area contributed by atoms with E-state index in [1.165, 1.54) is 0 Å². The van der Waals surface area contributed by atoms with Crippen molar-refractivity contribution in [1.82, 2.24) is 0 Å². The fourth-order valence-corrected chi connectivity index (χ4v) is 3.78. The van der Waals surface area contributed by atoms with Crippen LogP contribution in [0.25, 0.3) is 5.57 Å². The summed E-state index contributed by atoms with van der Waals surface area (Å²) in [5, 5.41) is 12.2. The van der Waals surface area contributed by atoms with Crippen molar-refractivity contribution in [2.24, 2.45) is 0 Å². The fraction of sp³-hybridized carbons (Fsp3) is 0.179. The van der Waals surface area contributed by atoms with Gasteiger partial charge in [-0.05, 0) is 74.9 Å². The van der Waals surface area contributed by atoms with Gasteiger partial charge in [-0.25, -0.2) is 4.90 Å². The minimum atomic E-state index is -0.487. The topological polar surface area (TPSA) is 91.7 Å². The Bertz CT molecular complexity index is 1320. The van der Waals surface area contributed by atoms with Gasteiger partial charge in [-0.3, -0.25) is 9.59 Å². The molecule has 1 heterocycles. The van der Waals surface area contributed by atoms with E-state index in [4.69, 9.17) is 14.7 Å². The smallest absolute Gasteiger partial charge is 0.282 e. The lowest BCUT2D eigenvalue weighted by atomic mass is 10.0. The molecule has 0 saturated heterocycles. The minimum absolute atomic E-state index is 0.0106. The van der Waals surface area contributed by atoms with Crippen molar-refractivity contribution in [3.05, 3.63) is 89.6 Å². The molecule has 2 amide bonds. The standard InChI is InChI=1S/C28H25N3O4/c1-4-34-24-7-5-6-21(16-24)30-26-25(20-10-14-23(15-11-20)35-18(2)3)27(32)31(28(26)33)22-12-8-19(17-29)9-13-22/h5-16,18,30H,4H2,1-3H3. The molecule has 3 aromatic carbocycles. The minimum Gasteiger partial charge on any atom is -0.494 e. The van der Waals surface area contributed by atoms with E-state index in [1.54, 1.807) is 60.7 Å². The molecule has 7 heteroatoms. The Morgan fingerprint density at radius 3 is 2.29 bits per heavy atom. The van der Waals surface area contributed by atoms with Crippen LogP contribution in [-0.2, 0) is 9.59 Å². The lowest BCUT2D eigenvalue weighted by molar-refractivity contribution is -0.120. The summed E-state index contributed by atoms with van der Waals surface area (Å²) in [6, 6.07) is 22.6. The van der Waals surface area contributed by atoms with E-state index in [9.17, 15) is 9.59 Å². The summed E-state index contributed by atoms with van der Waals surface area (Å²) in [6.45, 7) is 6.26. The van der Waals surface area contributed by atoms with Crippen molar-refractivity contribution in [3.8, 4) is 17.6 Å². The first kappa shape index (κ1) is 23.6. The van der Waals surface area contributed by atoms with E-state index < -0.39 is 11.8 Å². The third kappa shape index (κ3) is 5.02. The molecule has 0 fully saturated rings. The molecule has 0 spiro atoms. The number of hydrogen-bond acceptors (Lipinski definition) is 6. The number of carbonyl (C=O) groups is 2. The summed E-state index contributed by atoms with van der Waals surface area (Å²) in [7, 11) is 0. The van der Waals surface area contributed by atoms with Gasteiger partial charge in [-0.15, -0.1) is 0 Å². The highest BCUT2D eigenvalue weighted by Gasteiger charge is 2.40. The summed E-state index contributed by atoms with van der Waals surface area (Å²) < 4.78 is 11.3. The Morgan fingerprint density at radius 1 is 0.943 bits per heavy atom. The molecular weight excluding hydrogens is 442 g/mol. The molecular formula is C28H25N3O4. The number of ether oxygens (including phenoxy) is 2. The lowest BCUT2D eigenvalue weighted by Gasteiger charge is -2.15. The zero-order valence-corrected chi connectivity index (χ0v) is 19.7. The van der Waals surface area contributed by atoms with E-state index in [0.29, 0.717) is 40.6 Å². The van der Waals surface area contributed by atoms with Crippen molar-refractivity contribution in [1.29, 1.82) is 5.26 Å². The van der Waals surface area contributed by atoms with Gasteiger partial charge in [0.15, 0.2) is 0 Å². The molecule has 0 unspecified atom stereocenters. The van der Waals surface area contributed by atoms with Crippen molar-refractivity contribution in [2.45, 2.75) is 26.9 Å². The largest absolute Gasteiger partial charge is 0.494 e. The molecule has 7 nitrogen and oxygen atoms in total. The average Bonchev–Trinajstić information content (AvgIpc) is 3.09. The first-order chi connectivity index (χ1) is 16.9. The van der Waals surface area contributed by atoms with Gasteiger partial charge < -0.3 is 14.8 Å². The Balaban J connectivity index is 1.76.